The number of hydrogen-bond donors (Lipinski definition) is 2. The van der Waals surface area contributed by atoms with Gasteiger partial charge in [0.25, 0.3) is 0 Å². The van der Waals surface area contributed by atoms with Gasteiger partial charge in [-0.3, -0.25) is 10.00 Å². The Kier molecular flexibility index (Phi) is 3.63. The number of aryl methyl sites for hydroxylation is 1. The zero-order valence-corrected chi connectivity index (χ0v) is 13.4. The van der Waals surface area contributed by atoms with Crippen molar-refractivity contribution in [2.75, 3.05) is 13.7 Å². The third-order valence-electron chi connectivity index (χ3n) is 4.61. The second kappa shape index (κ2) is 5.79. The molecular formula is C17H21N5O. The van der Waals surface area contributed by atoms with E-state index in [4.69, 9.17) is 4.74 Å². The topological polar surface area (TPSA) is 69.8 Å². The number of H-pyrrole nitrogens is 2. The smallest absolute Gasteiger partial charge is 0.167 e. The maximum atomic E-state index is 5.58. The van der Waals surface area contributed by atoms with Gasteiger partial charge in [-0.1, -0.05) is 6.07 Å². The van der Waals surface area contributed by atoms with Gasteiger partial charge < -0.3 is 9.72 Å². The molecule has 2 atom stereocenters. The van der Waals surface area contributed by atoms with Gasteiger partial charge in [0, 0.05) is 31.9 Å². The summed E-state index contributed by atoms with van der Waals surface area (Å²) in [6.07, 6.45) is 3.14. The number of methoxy groups -OCH3 is 1. The summed E-state index contributed by atoms with van der Waals surface area (Å²) in [6.45, 7) is 3.71. The average Bonchev–Trinajstić information content (AvgIpc) is 3.26. The minimum atomic E-state index is 0.201. The second-order valence-corrected chi connectivity index (χ2v) is 6.22. The molecule has 1 aromatic carbocycles. The van der Waals surface area contributed by atoms with Gasteiger partial charge >= 0.3 is 0 Å². The van der Waals surface area contributed by atoms with Crippen LogP contribution in [0.25, 0.3) is 10.9 Å². The molecule has 0 aliphatic carbocycles. The molecule has 3 heterocycles. The predicted molar refractivity (Wildman–Crippen MR) is 88.0 cm³/mol. The van der Waals surface area contributed by atoms with Crippen LogP contribution in [0.4, 0.5) is 0 Å². The van der Waals surface area contributed by atoms with E-state index in [-0.39, 0.29) is 12.1 Å². The number of nitrogens with zero attached hydrogens (tertiary/aromatic N) is 3. The van der Waals surface area contributed by atoms with Crippen molar-refractivity contribution < 1.29 is 4.74 Å². The van der Waals surface area contributed by atoms with Gasteiger partial charge in [-0.2, -0.15) is 5.10 Å². The highest BCUT2D eigenvalue weighted by Crippen LogP contribution is 2.33. The number of hydrogen-bond acceptors (Lipinski definition) is 4. The molecule has 0 bridgehead atoms. The third-order valence-corrected chi connectivity index (χ3v) is 4.61. The van der Waals surface area contributed by atoms with Crippen LogP contribution in [0.15, 0.2) is 30.5 Å². The number of aromatic amines is 2. The molecule has 0 amide bonds. The Bertz CT molecular complexity index is 808. The molecule has 120 valence electrons. The summed E-state index contributed by atoms with van der Waals surface area (Å²) in [6, 6.07) is 8.87. The summed E-state index contributed by atoms with van der Waals surface area (Å²) in [5.41, 5.74) is 2.47. The molecule has 6 heteroatoms. The monoisotopic (exact) mass is 311 g/mol. The van der Waals surface area contributed by atoms with Crippen molar-refractivity contribution in [3.8, 4) is 0 Å². The number of nitrogens with one attached hydrogen (secondary N) is 2. The van der Waals surface area contributed by atoms with E-state index in [0.717, 1.165) is 31.2 Å². The van der Waals surface area contributed by atoms with E-state index in [1.807, 2.05) is 13.1 Å². The van der Waals surface area contributed by atoms with Crippen LogP contribution in [0.3, 0.4) is 0 Å². The van der Waals surface area contributed by atoms with Crippen LogP contribution in [0.1, 0.15) is 29.7 Å². The van der Waals surface area contributed by atoms with Crippen LogP contribution in [-0.4, -0.2) is 44.8 Å². The molecule has 6 nitrogen and oxygen atoms in total. The molecular weight excluding hydrogens is 290 g/mol. The van der Waals surface area contributed by atoms with Gasteiger partial charge in [-0.25, -0.2) is 4.98 Å². The highest BCUT2D eigenvalue weighted by atomic mass is 16.5. The molecule has 1 saturated heterocycles. The van der Waals surface area contributed by atoms with Crippen LogP contribution in [0, 0.1) is 6.92 Å². The van der Waals surface area contributed by atoms with Crippen molar-refractivity contribution >= 4 is 10.9 Å². The summed E-state index contributed by atoms with van der Waals surface area (Å²) < 4.78 is 5.58. The van der Waals surface area contributed by atoms with E-state index >= 15 is 0 Å². The molecule has 0 spiro atoms. The molecule has 0 radical (unpaired) electrons. The lowest BCUT2D eigenvalue weighted by Gasteiger charge is -2.22. The predicted octanol–water partition coefficient (Wildman–Crippen LogP) is 2.56. The second-order valence-electron chi connectivity index (χ2n) is 6.22. The van der Waals surface area contributed by atoms with Crippen molar-refractivity contribution in [3.05, 3.63) is 47.7 Å². The van der Waals surface area contributed by atoms with Crippen LogP contribution in [-0.2, 0) is 11.3 Å². The van der Waals surface area contributed by atoms with Crippen LogP contribution in [0.2, 0.25) is 0 Å². The fourth-order valence-electron chi connectivity index (χ4n) is 3.42. The van der Waals surface area contributed by atoms with Gasteiger partial charge in [-0.15, -0.1) is 0 Å². The first-order valence-corrected chi connectivity index (χ1v) is 7.94. The average molecular weight is 311 g/mol. The highest BCUT2D eigenvalue weighted by molar-refractivity contribution is 5.79. The summed E-state index contributed by atoms with van der Waals surface area (Å²) in [5, 5.41) is 8.56. The van der Waals surface area contributed by atoms with Crippen molar-refractivity contribution in [2.45, 2.75) is 32.0 Å². The molecule has 3 aromatic rings. The highest BCUT2D eigenvalue weighted by Gasteiger charge is 2.35. The van der Waals surface area contributed by atoms with Crippen LogP contribution in [0.5, 0.6) is 0 Å². The molecule has 4 rings (SSSR count). The molecule has 1 aliphatic rings. The first kappa shape index (κ1) is 14.4. The number of aromatic nitrogens is 4. The van der Waals surface area contributed by atoms with Crippen molar-refractivity contribution in [1.82, 2.24) is 25.1 Å². The zero-order valence-electron chi connectivity index (χ0n) is 13.4. The van der Waals surface area contributed by atoms with Crippen molar-refractivity contribution in [3.63, 3.8) is 0 Å². The Morgan fingerprint density at radius 1 is 1.35 bits per heavy atom. The summed E-state index contributed by atoms with van der Waals surface area (Å²) in [7, 11) is 1.78. The Morgan fingerprint density at radius 3 is 3.04 bits per heavy atom. The van der Waals surface area contributed by atoms with Gasteiger partial charge in [0.15, 0.2) is 5.82 Å². The standard InChI is InChI=1S/C17H21N5O/c1-11-19-17(21-20-11)16-8-14(23-2)10-22(16)9-12-3-4-15-13(7-12)5-6-18-15/h3-7,14,16,18H,8-10H2,1-2H3,(H,19,20,21)/t14-,16-/m0/s1. The third kappa shape index (κ3) is 2.75. The Hall–Kier alpha value is -2.18. The van der Waals surface area contributed by atoms with E-state index in [1.165, 1.54) is 16.5 Å². The largest absolute Gasteiger partial charge is 0.380 e. The molecule has 2 N–H and O–H groups in total. The van der Waals surface area contributed by atoms with Gasteiger partial charge in [0.2, 0.25) is 0 Å². The number of ether oxygens (including phenoxy) is 1. The fourth-order valence-corrected chi connectivity index (χ4v) is 3.42. The lowest BCUT2D eigenvalue weighted by atomic mass is 10.1. The maximum absolute atomic E-state index is 5.58. The Balaban J connectivity index is 1.59. The maximum Gasteiger partial charge on any atom is 0.167 e. The van der Waals surface area contributed by atoms with E-state index in [2.05, 4.69) is 49.3 Å². The normalized spacial score (nSPS) is 22.2. The van der Waals surface area contributed by atoms with Crippen molar-refractivity contribution in [2.24, 2.45) is 0 Å². The Labute approximate surface area is 134 Å². The molecule has 0 saturated carbocycles. The number of rotatable bonds is 4. The minimum Gasteiger partial charge on any atom is -0.380 e. The first-order chi connectivity index (χ1) is 11.2. The van der Waals surface area contributed by atoms with Gasteiger partial charge in [0.05, 0.1) is 12.1 Å². The number of fused-ring (bicyclic) bond motifs is 1. The molecule has 2 aromatic heterocycles. The zero-order chi connectivity index (χ0) is 15.8. The van der Waals surface area contributed by atoms with E-state index in [1.54, 1.807) is 7.11 Å². The number of benzene rings is 1. The molecule has 0 unspecified atom stereocenters. The quantitative estimate of drug-likeness (QED) is 0.777. The lowest BCUT2D eigenvalue weighted by molar-refractivity contribution is 0.107. The Morgan fingerprint density at radius 2 is 2.26 bits per heavy atom. The molecule has 23 heavy (non-hydrogen) atoms. The van der Waals surface area contributed by atoms with Crippen LogP contribution < -0.4 is 0 Å². The molecule has 1 aliphatic heterocycles. The summed E-state index contributed by atoms with van der Waals surface area (Å²) in [5.74, 6) is 1.72. The van der Waals surface area contributed by atoms with Gasteiger partial charge in [0.1, 0.15) is 5.82 Å². The van der Waals surface area contributed by atoms with E-state index in [9.17, 15) is 0 Å². The van der Waals surface area contributed by atoms with E-state index in [0.29, 0.717) is 0 Å². The fraction of sp³-hybridized carbons (Fsp3) is 0.412. The first-order valence-electron chi connectivity index (χ1n) is 7.94. The number of likely N-dealkylation sites (tertiary alicyclic amines) is 1. The van der Waals surface area contributed by atoms with Gasteiger partial charge in [-0.05, 0) is 42.5 Å². The summed E-state index contributed by atoms with van der Waals surface area (Å²) in [4.78, 5) is 10.2. The van der Waals surface area contributed by atoms with Crippen molar-refractivity contribution in [1.29, 1.82) is 0 Å². The molecule has 1 fully saturated rings. The van der Waals surface area contributed by atoms with E-state index < -0.39 is 0 Å². The summed E-state index contributed by atoms with van der Waals surface area (Å²) >= 11 is 0. The SMILES string of the molecule is CO[C@H]1C[C@@H](c2n[nH]c(C)n2)N(Cc2ccc3[nH]ccc3c2)C1. The van der Waals surface area contributed by atoms with Crippen LogP contribution >= 0.6 is 0 Å². The lowest BCUT2D eigenvalue weighted by Crippen LogP contribution is -2.25. The minimum absolute atomic E-state index is 0.201.